The quantitative estimate of drug-likeness (QED) is 0.713. The van der Waals surface area contributed by atoms with Crippen LogP contribution < -0.4 is 9.47 Å². The molecule has 0 fully saturated rings. The average Bonchev–Trinajstić information content (AvgIpc) is 2.48. The molecule has 0 saturated heterocycles. The van der Waals surface area contributed by atoms with E-state index in [4.69, 9.17) is 9.47 Å². The summed E-state index contributed by atoms with van der Waals surface area (Å²) in [6, 6.07) is 12.2. The third kappa shape index (κ3) is 4.74. The van der Waals surface area contributed by atoms with Crippen LogP contribution in [0.5, 0.6) is 17.2 Å². The van der Waals surface area contributed by atoms with Gasteiger partial charge < -0.3 is 14.4 Å². The van der Waals surface area contributed by atoms with Gasteiger partial charge in [0.05, 0.1) is 6.61 Å². The summed E-state index contributed by atoms with van der Waals surface area (Å²) in [6.45, 7) is 3.43. The highest BCUT2D eigenvalue weighted by atomic mass is 19.1. The summed E-state index contributed by atoms with van der Waals surface area (Å²) in [5, 5.41) is 0. The molecule has 0 unspecified atom stereocenters. The van der Waals surface area contributed by atoms with Gasteiger partial charge in [-0.25, -0.2) is 4.39 Å². The first kappa shape index (κ1) is 16.3. The van der Waals surface area contributed by atoms with E-state index in [9.17, 15) is 4.39 Å². The number of rotatable bonds is 7. The largest absolute Gasteiger partial charge is 0.490 e. The SMILES string of the molecule is Cc1ccc(Oc2c(F)cccc2OCCCN(C)C)cc1. The Morgan fingerprint density at radius 3 is 2.45 bits per heavy atom. The van der Waals surface area contributed by atoms with Gasteiger partial charge in [-0.05, 0) is 51.7 Å². The second-order valence-electron chi connectivity index (χ2n) is 5.49. The summed E-state index contributed by atoms with van der Waals surface area (Å²) < 4.78 is 25.4. The van der Waals surface area contributed by atoms with Crippen LogP contribution in [0.3, 0.4) is 0 Å². The topological polar surface area (TPSA) is 21.7 Å². The van der Waals surface area contributed by atoms with Gasteiger partial charge in [-0.15, -0.1) is 0 Å². The predicted molar refractivity (Wildman–Crippen MR) is 86.3 cm³/mol. The number of halogens is 1. The lowest BCUT2D eigenvalue weighted by atomic mass is 10.2. The molecule has 22 heavy (non-hydrogen) atoms. The molecule has 0 atom stereocenters. The molecule has 0 radical (unpaired) electrons. The number of hydrogen-bond acceptors (Lipinski definition) is 3. The Morgan fingerprint density at radius 2 is 1.77 bits per heavy atom. The summed E-state index contributed by atoms with van der Waals surface area (Å²) in [4.78, 5) is 2.08. The summed E-state index contributed by atoms with van der Waals surface area (Å²) in [6.07, 6.45) is 0.869. The van der Waals surface area contributed by atoms with Gasteiger partial charge in [-0.1, -0.05) is 23.8 Å². The van der Waals surface area contributed by atoms with Crippen LogP contribution in [0, 0.1) is 12.7 Å². The molecular weight excluding hydrogens is 281 g/mol. The highest BCUT2D eigenvalue weighted by molar-refractivity contribution is 5.44. The Hall–Kier alpha value is -2.07. The lowest BCUT2D eigenvalue weighted by Crippen LogP contribution is -2.15. The molecule has 2 rings (SSSR count). The van der Waals surface area contributed by atoms with Crippen molar-refractivity contribution in [1.82, 2.24) is 4.90 Å². The van der Waals surface area contributed by atoms with Crippen LogP contribution in [0.2, 0.25) is 0 Å². The molecular formula is C18H22FNO2. The smallest absolute Gasteiger partial charge is 0.204 e. The van der Waals surface area contributed by atoms with E-state index in [1.165, 1.54) is 6.07 Å². The molecule has 0 saturated carbocycles. The van der Waals surface area contributed by atoms with Gasteiger partial charge in [-0.2, -0.15) is 0 Å². The maximum atomic E-state index is 14.0. The lowest BCUT2D eigenvalue weighted by Gasteiger charge is -2.14. The number of ether oxygens (including phenoxy) is 2. The van der Waals surface area contributed by atoms with Gasteiger partial charge in [0.15, 0.2) is 11.6 Å². The number of para-hydroxylation sites is 1. The van der Waals surface area contributed by atoms with E-state index in [-0.39, 0.29) is 5.75 Å². The van der Waals surface area contributed by atoms with E-state index in [2.05, 4.69) is 4.90 Å². The van der Waals surface area contributed by atoms with Gasteiger partial charge in [-0.3, -0.25) is 0 Å². The van der Waals surface area contributed by atoms with Crippen LogP contribution in [-0.2, 0) is 0 Å². The van der Waals surface area contributed by atoms with E-state index in [0.717, 1.165) is 18.5 Å². The van der Waals surface area contributed by atoms with Crippen molar-refractivity contribution < 1.29 is 13.9 Å². The second-order valence-corrected chi connectivity index (χ2v) is 5.49. The monoisotopic (exact) mass is 303 g/mol. The van der Waals surface area contributed by atoms with Crippen molar-refractivity contribution in [2.24, 2.45) is 0 Å². The van der Waals surface area contributed by atoms with E-state index in [1.54, 1.807) is 12.1 Å². The van der Waals surface area contributed by atoms with Crippen molar-refractivity contribution >= 4 is 0 Å². The highest BCUT2D eigenvalue weighted by Gasteiger charge is 2.12. The lowest BCUT2D eigenvalue weighted by molar-refractivity contribution is 0.269. The molecule has 2 aromatic carbocycles. The minimum atomic E-state index is -0.425. The van der Waals surface area contributed by atoms with Crippen molar-refractivity contribution in [3.63, 3.8) is 0 Å². The van der Waals surface area contributed by atoms with Crippen molar-refractivity contribution in [2.45, 2.75) is 13.3 Å². The number of aryl methyl sites for hydroxylation is 1. The van der Waals surface area contributed by atoms with Crippen molar-refractivity contribution in [3.05, 3.63) is 53.8 Å². The van der Waals surface area contributed by atoms with E-state index < -0.39 is 5.82 Å². The van der Waals surface area contributed by atoms with Crippen molar-refractivity contribution in [2.75, 3.05) is 27.2 Å². The van der Waals surface area contributed by atoms with Crippen LogP contribution in [0.15, 0.2) is 42.5 Å². The molecule has 2 aromatic rings. The van der Waals surface area contributed by atoms with Gasteiger partial charge >= 0.3 is 0 Å². The molecule has 118 valence electrons. The first-order valence-electron chi connectivity index (χ1n) is 7.37. The molecule has 0 spiro atoms. The summed E-state index contributed by atoms with van der Waals surface area (Å²) in [5.41, 5.74) is 1.13. The Labute approximate surface area is 131 Å². The van der Waals surface area contributed by atoms with Gasteiger partial charge in [0.1, 0.15) is 5.75 Å². The minimum absolute atomic E-state index is 0.135. The number of benzene rings is 2. The Balaban J connectivity index is 2.07. The molecule has 0 heterocycles. The van der Waals surface area contributed by atoms with Crippen LogP contribution in [0.1, 0.15) is 12.0 Å². The highest BCUT2D eigenvalue weighted by Crippen LogP contribution is 2.34. The van der Waals surface area contributed by atoms with Gasteiger partial charge in [0.25, 0.3) is 0 Å². The van der Waals surface area contributed by atoms with E-state index >= 15 is 0 Å². The number of hydrogen-bond donors (Lipinski definition) is 0. The zero-order chi connectivity index (χ0) is 15.9. The van der Waals surface area contributed by atoms with Crippen molar-refractivity contribution in [3.8, 4) is 17.2 Å². The van der Waals surface area contributed by atoms with Crippen LogP contribution in [0.25, 0.3) is 0 Å². The fourth-order valence-electron chi connectivity index (χ4n) is 1.99. The average molecular weight is 303 g/mol. The third-order valence-corrected chi connectivity index (χ3v) is 3.18. The molecule has 3 nitrogen and oxygen atoms in total. The summed E-state index contributed by atoms with van der Waals surface area (Å²) >= 11 is 0. The third-order valence-electron chi connectivity index (χ3n) is 3.18. The van der Waals surface area contributed by atoms with Gasteiger partial charge in [0, 0.05) is 6.54 Å². The number of nitrogens with zero attached hydrogens (tertiary/aromatic N) is 1. The minimum Gasteiger partial charge on any atom is -0.490 e. The molecule has 0 aliphatic carbocycles. The fraction of sp³-hybridized carbons (Fsp3) is 0.333. The molecule has 0 bridgehead atoms. The van der Waals surface area contributed by atoms with E-state index in [0.29, 0.717) is 18.1 Å². The molecule has 0 aliphatic heterocycles. The molecule has 0 N–H and O–H groups in total. The summed E-state index contributed by atoms with van der Waals surface area (Å²) in [5.74, 6) is 0.732. The zero-order valence-corrected chi connectivity index (χ0v) is 13.3. The first-order chi connectivity index (χ1) is 10.6. The molecule has 0 aliphatic rings. The van der Waals surface area contributed by atoms with E-state index in [1.807, 2.05) is 45.3 Å². The predicted octanol–water partition coefficient (Wildman–Crippen LogP) is 4.26. The van der Waals surface area contributed by atoms with Crippen molar-refractivity contribution in [1.29, 1.82) is 0 Å². The maximum absolute atomic E-state index is 14.0. The fourth-order valence-corrected chi connectivity index (χ4v) is 1.99. The zero-order valence-electron chi connectivity index (χ0n) is 13.3. The molecule has 0 amide bonds. The summed E-state index contributed by atoms with van der Waals surface area (Å²) in [7, 11) is 4.02. The van der Waals surface area contributed by atoms with Crippen LogP contribution in [-0.4, -0.2) is 32.1 Å². The Morgan fingerprint density at radius 1 is 1.05 bits per heavy atom. The van der Waals surface area contributed by atoms with Gasteiger partial charge in [0.2, 0.25) is 5.75 Å². The Bertz CT molecular complexity index is 597. The normalized spacial score (nSPS) is 10.8. The second kappa shape index (κ2) is 7.80. The Kier molecular flexibility index (Phi) is 5.78. The standard InChI is InChI=1S/C18H22FNO2/c1-14-8-10-15(11-9-14)22-18-16(19)6-4-7-17(18)21-13-5-12-20(2)3/h4,6-11H,5,12-13H2,1-3H3. The van der Waals surface area contributed by atoms with Crippen LogP contribution >= 0.6 is 0 Å². The maximum Gasteiger partial charge on any atom is 0.204 e. The molecule has 4 heteroatoms. The molecule has 0 aromatic heterocycles. The first-order valence-corrected chi connectivity index (χ1v) is 7.37. The van der Waals surface area contributed by atoms with Crippen LogP contribution in [0.4, 0.5) is 4.39 Å².